The Kier molecular flexibility index (Phi) is 5.85. The van der Waals surface area contributed by atoms with Crippen molar-refractivity contribution in [2.75, 3.05) is 26.2 Å². The van der Waals surface area contributed by atoms with E-state index in [4.69, 9.17) is 5.73 Å². The Balaban J connectivity index is 1.96. The molecule has 0 aliphatic carbocycles. The number of carbonyl (C=O) groups excluding carboxylic acids is 1. The Morgan fingerprint density at radius 1 is 1.25 bits per heavy atom. The summed E-state index contributed by atoms with van der Waals surface area (Å²) in [6.07, 6.45) is 7.20. The van der Waals surface area contributed by atoms with Gasteiger partial charge in [-0.15, -0.1) is 0 Å². The number of likely N-dealkylation sites (tertiary alicyclic amines) is 2. The van der Waals surface area contributed by atoms with E-state index in [9.17, 15) is 4.79 Å². The first-order valence-corrected chi connectivity index (χ1v) is 8.42. The highest BCUT2D eigenvalue weighted by molar-refractivity contribution is 5.81. The van der Waals surface area contributed by atoms with Gasteiger partial charge in [0, 0.05) is 25.7 Å². The summed E-state index contributed by atoms with van der Waals surface area (Å²) in [4.78, 5) is 17.1. The predicted molar refractivity (Wildman–Crippen MR) is 82.5 cm³/mol. The van der Waals surface area contributed by atoms with E-state index >= 15 is 0 Å². The molecule has 0 aromatic rings. The first-order chi connectivity index (χ1) is 9.67. The Bertz CT molecular complexity index is 315. The van der Waals surface area contributed by atoms with Crippen LogP contribution >= 0.6 is 0 Å². The number of amides is 1. The Hall–Kier alpha value is -0.610. The largest absolute Gasteiger partial charge is 0.341 e. The molecule has 4 heteroatoms. The van der Waals surface area contributed by atoms with Crippen LogP contribution in [0.3, 0.4) is 0 Å². The highest BCUT2D eigenvalue weighted by Gasteiger charge is 2.34. The normalized spacial score (nSPS) is 30.2. The van der Waals surface area contributed by atoms with Gasteiger partial charge in [-0.25, -0.2) is 0 Å². The SMILES string of the molecule is CCC1CCN(C(C)C(=O)N2CCCCC2)C(CN)C1. The second-order valence-electron chi connectivity index (χ2n) is 6.49. The molecule has 2 heterocycles. The quantitative estimate of drug-likeness (QED) is 0.855. The number of hydrogen-bond donors (Lipinski definition) is 1. The van der Waals surface area contributed by atoms with E-state index in [2.05, 4.69) is 23.6 Å². The van der Waals surface area contributed by atoms with Crippen molar-refractivity contribution in [2.45, 2.75) is 64.5 Å². The summed E-state index contributed by atoms with van der Waals surface area (Å²) in [6.45, 7) is 7.93. The molecule has 1 amide bonds. The molecule has 2 saturated heterocycles. The van der Waals surface area contributed by atoms with Gasteiger partial charge >= 0.3 is 0 Å². The zero-order valence-corrected chi connectivity index (χ0v) is 13.2. The summed E-state index contributed by atoms with van der Waals surface area (Å²) < 4.78 is 0. The lowest BCUT2D eigenvalue weighted by atomic mass is 9.88. The molecule has 4 nitrogen and oxygen atoms in total. The van der Waals surface area contributed by atoms with Crippen molar-refractivity contribution in [3.63, 3.8) is 0 Å². The first-order valence-electron chi connectivity index (χ1n) is 8.42. The molecule has 2 N–H and O–H groups in total. The highest BCUT2D eigenvalue weighted by Crippen LogP contribution is 2.27. The summed E-state index contributed by atoms with van der Waals surface area (Å²) in [5.74, 6) is 1.11. The van der Waals surface area contributed by atoms with Gasteiger partial charge in [-0.2, -0.15) is 0 Å². The van der Waals surface area contributed by atoms with Crippen molar-refractivity contribution < 1.29 is 4.79 Å². The van der Waals surface area contributed by atoms with Crippen LogP contribution in [0.1, 0.15) is 52.4 Å². The fraction of sp³-hybridized carbons (Fsp3) is 0.938. The molecule has 20 heavy (non-hydrogen) atoms. The highest BCUT2D eigenvalue weighted by atomic mass is 16.2. The van der Waals surface area contributed by atoms with Gasteiger partial charge in [-0.1, -0.05) is 13.3 Å². The van der Waals surface area contributed by atoms with Crippen LogP contribution in [0.25, 0.3) is 0 Å². The van der Waals surface area contributed by atoms with Crippen LogP contribution in [0, 0.1) is 5.92 Å². The van der Waals surface area contributed by atoms with Crippen molar-refractivity contribution in [1.82, 2.24) is 9.80 Å². The van der Waals surface area contributed by atoms with E-state index in [1.54, 1.807) is 0 Å². The van der Waals surface area contributed by atoms with Crippen LogP contribution < -0.4 is 5.73 Å². The van der Waals surface area contributed by atoms with Crippen molar-refractivity contribution in [2.24, 2.45) is 11.7 Å². The molecule has 2 rings (SSSR count). The molecule has 0 saturated carbocycles. The molecule has 0 aromatic heterocycles. The molecular weight excluding hydrogens is 250 g/mol. The van der Waals surface area contributed by atoms with E-state index in [1.165, 1.54) is 19.3 Å². The Labute approximate surface area is 123 Å². The molecule has 2 aliphatic rings. The number of rotatable bonds is 4. The van der Waals surface area contributed by atoms with Crippen molar-refractivity contribution >= 4 is 5.91 Å². The van der Waals surface area contributed by atoms with E-state index in [-0.39, 0.29) is 6.04 Å². The summed E-state index contributed by atoms with van der Waals surface area (Å²) >= 11 is 0. The van der Waals surface area contributed by atoms with Crippen LogP contribution in [-0.2, 0) is 4.79 Å². The summed E-state index contributed by atoms with van der Waals surface area (Å²) in [5.41, 5.74) is 5.96. The first kappa shape index (κ1) is 15.8. The molecule has 0 bridgehead atoms. The Morgan fingerprint density at radius 3 is 2.55 bits per heavy atom. The van der Waals surface area contributed by atoms with Gasteiger partial charge in [0.05, 0.1) is 6.04 Å². The summed E-state index contributed by atoms with van der Waals surface area (Å²) in [5, 5.41) is 0. The van der Waals surface area contributed by atoms with Crippen molar-refractivity contribution in [3.05, 3.63) is 0 Å². The zero-order valence-electron chi connectivity index (χ0n) is 13.2. The lowest BCUT2D eigenvalue weighted by Crippen LogP contribution is -2.56. The minimum atomic E-state index is -0.000504. The van der Waals surface area contributed by atoms with E-state index in [0.29, 0.717) is 18.5 Å². The monoisotopic (exact) mass is 281 g/mol. The smallest absolute Gasteiger partial charge is 0.239 e. The zero-order chi connectivity index (χ0) is 14.5. The van der Waals surface area contributed by atoms with Gasteiger partial charge in [0.25, 0.3) is 0 Å². The molecular formula is C16H31N3O. The summed E-state index contributed by atoms with van der Waals surface area (Å²) in [7, 11) is 0. The van der Waals surface area contributed by atoms with Crippen molar-refractivity contribution in [1.29, 1.82) is 0 Å². The van der Waals surface area contributed by atoms with Crippen LogP contribution in [0.4, 0.5) is 0 Å². The Morgan fingerprint density at radius 2 is 1.95 bits per heavy atom. The van der Waals surface area contributed by atoms with Crippen molar-refractivity contribution in [3.8, 4) is 0 Å². The maximum atomic E-state index is 12.7. The van der Waals surface area contributed by atoms with E-state index in [1.807, 2.05) is 0 Å². The number of nitrogens with zero attached hydrogens (tertiary/aromatic N) is 2. The van der Waals surface area contributed by atoms with Gasteiger partial charge in [-0.3, -0.25) is 9.69 Å². The molecule has 2 aliphatic heterocycles. The number of hydrogen-bond acceptors (Lipinski definition) is 3. The molecule has 2 fully saturated rings. The third-order valence-corrected chi connectivity index (χ3v) is 5.24. The number of piperidine rings is 2. The third kappa shape index (κ3) is 3.53. The van der Waals surface area contributed by atoms with E-state index in [0.717, 1.165) is 44.8 Å². The van der Waals surface area contributed by atoms with E-state index < -0.39 is 0 Å². The standard InChI is InChI=1S/C16H31N3O/c1-3-14-7-10-19(15(11-14)12-17)13(2)16(20)18-8-5-4-6-9-18/h13-15H,3-12,17H2,1-2H3. The molecule has 3 atom stereocenters. The number of carbonyl (C=O) groups is 1. The van der Waals surface area contributed by atoms with Gasteiger partial charge in [-0.05, 0) is 51.5 Å². The fourth-order valence-electron chi connectivity index (χ4n) is 3.78. The topological polar surface area (TPSA) is 49.6 Å². The molecule has 0 aromatic carbocycles. The van der Waals surface area contributed by atoms with Crippen LogP contribution in [0.2, 0.25) is 0 Å². The van der Waals surface area contributed by atoms with Crippen LogP contribution in [0.5, 0.6) is 0 Å². The van der Waals surface area contributed by atoms with Crippen LogP contribution in [-0.4, -0.2) is 54.0 Å². The summed E-state index contributed by atoms with van der Waals surface area (Å²) in [6, 6.07) is 0.386. The van der Waals surface area contributed by atoms with Gasteiger partial charge in [0.15, 0.2) is 0 Å². The predicted octanol–water partition coefficient (Wildman–Crippen LogP) is 1.84. The van der Waals surface area contributed by atoms with Crippen LogP contribution in [0.15, 0.2) is 0 Å². The fourth-order valence-corrected chi connectivity index (χ4v) is 3.78. The lowest BCUT2D eigenvalue weighted by Gasteiger charge is -2.43. The molecule has 0 radical (unpaired) electrons. The third-order valence-electron chi connectivity index (χ3n) is 5.24. The minimum absolute atomic E-state index is 0.000504. The van der Waals surface area contributed by atoms with Gasteiger partial charge in [0.2, 0.25) is 5.91 Å². The molecule has 116 valence electrons. The number of nitrogens with two attached hydrogens (primary N) is 1. The molecule has 0 spiro atoms. The maximum Gasteiger partial charge on any atom is 0.239 e. The second-order valence-corrected chi connectivity index (χ2v) is 6.49. The average Bonchev–Trinajstić information content (AvgIpc) is 2.53. The molecule has 3 unspecified atom stereocenters. The average molecular weight is 281 g/mol. The van der Waals surface area contributed by atoms with Gasteiger partial charge in [0.1, 0.15) is 0 Å². The minimum Gasteiger partial charge on any atom is -0.341 e. The maximum absolute atomic E-state index is 12.7. The second kappa shape index (κ2) is 7.41. The lowest BCUT2D eigenvalue weighted by molar-refractivity contribution is -0.139. The van der Waals surface area contributed by atoms with Gasteiger partial charge < -0.3 is 10.6 Å².